The Morgan fingerprint density at radius 3 is 2.76 bits per heavy atom. The summed E-state index contributed by atoms with van der Waals surface area (Å²) in [6.45, 7) is 0.269. The van der Waals surface area contributed by atoms with Crippen molar-refractivity contribution in [3.63, 3.8) is 0 Å². The minimum atomic E-state index is -0.489. The SMILES string of the molecule is COc1ccc(N2C[C@H](C(=O)Nn3cn[nH]c3=S)CC2=O)cc1OC. The summed E-state index contributed by atoms with van der Waals surface area (Å²) in [4.78, 5) is 26.3. The van der Waals surface area contributed by atoms with Crippen LogP contribution in [0.15, 0.2) is 24.5 Å². The van der Waals surface area contributed by atoms with Crippen molar-refractivity contribution in [2.24, 2.45) is 5.92 Å². The van der Waals surface area contributed by atoms with Gasteiger partial charge in [-0.15, -0.1) is 0 Å². The number of nitrogens with zero attached hydrogens (tertiary/aromatic N) is 3. The summed E-state index contributed by atoms with van der Waals surface area (Å²) < 4.78 is 12.0. The van der Waals surface area contributed by atoms with Crippen molar-refractivity contribution in [2.75, 3.05) is 31.1 Å². The molecule has 0 bridgehead atoms. The van der Waals surface area contributed by atoms with Gasteiger partial charge in [-0.05, 0) is 24.4 Å². The molecule has 3 rings (SSSR count). The number of hydrogen-bond donors (Lipinski definition) is 2. The Morgan fingerprint density at radius 1 is 1.36 bits per heavy atom. The fraction of sp³-hybridized carbons (Fsp3) is 0.333. The zero-order valence-corrected chi connectivity index (χ0v) is 14.5. The molecular formula is C15H17N5O4S. The quantitative estimate of drug-likeness (QED) is 0.771. The lowest BCUT2D eigenvalue weighted by Crippen LogP contribution is -2.31. The molecule has 1 fully saturated rings. The van der Waals surface area contributed by atoms with E-state index in [4.69, 9.17) is 21.7 Å². The first-order valence-electron chi connectivity index (χ1n) is 7.48. The van der Waals surface area contributed by atoms with Gasteiger partial charge in [0.15, 0.2) is 11.5 Å². The number of nitrogens with one attached hydrogen (secondary N) is 2. The van der Waals surface area contributed by atoms with Crippen LogP contribution in [-0.2, 0) is 9.59 Å². The molecule has 9 nitrogen and oxygen atoms in total. The van der Waals surface area contributed by atoms with Crippen LogP contribution in [0.5, 0.6) is 11.5 Å². The van der Waals surface area contributed by atoms with Gasteiger partial charge in [0.25, 0.3) is 0 Å². The highest BCUT2D eigenvalue weighted by atomic mass is 32.1. The van der Waals surface area contributed by atoms with Crippen LogP contribution in [0.3, 0.4) is 0 Å². The Hall–Kier alpha value is -2.88. The number of methoxy groups -OCH3 is 2. The van der Waals surface area contributed by atoms with Crippen LogP contribution in [-0.4, -0.2) is 47.5 Å². The summed E-state index contributed by atoms with van der Waals surface area (Å²) >= 11 is 4.98. The number of aromatic amines is 1. The van der Waals surface area contributed by atoms with Gasteiger partial charge in [-0.25, -0.2) is 4.68 Å². The third-order valence-corrected chi connectivity index (χ3v) is 4.25. The predicted molar refractivity (Wildman–Crippen MR) is 91.8 cm³/mol. The summed E-state index contributed by atoms with van der Waals surface area (Å²) in [5, 5.41) is 6.27. The van der Waals surface area contributed by atoms with Crippen molar-refractivity contribution in [1.82, 2.24) is 14.9 Å². The zero-order valence-electron chi connectivity index (χ0n) is 13.7. The number of ether oxygens (including phenoxy) is 2. The third kappa shape index (κ3) is 3.33. The first-order valence-corrected chi connectivity index (χ1v) is 7.89. The van der Waals surface area contributed by atoms with Gasteiger partial charge in [0.05, 0.1) is 20.1 Å². The van der Waals surface area contributed by atoms with Crippen LogP contribution in [0, 0.1) is 10.7 Å². The molecule has 1 aliphatic rings. The molecule has 0 unspecified atom stereocenters. The molecule has 25 heavy (non-hydrogen) atoms. The van der Waals surface area contributed by atoms with Crippen molar-refractivity contribution in [2.45, 2.75) is 6.42 Å². The number of benzene rings is 1. The van der Waals surface area contributed by atoms with Gasteiger partial charge in [0.1, 0.15) is 6.33 Å². The van der Waals surface area contributed by atoms with E-state index in [0.29, 0.717) is 17.2 Å². The summed E-state index contributed by atoms with van der Waals surface area (Å²) in [6.07, 6.45) is 1.48. The standard InChI is InChI=1S/C15H17N5O4S/c1-23-11-4-3-10(6-12(11)24-2)19-7-9(5-13(19)21)14(22)18-20-8-16-17-15(20)25/h3-4,6,8-9H,5,7H2,1-2H3,(H,17,25)(H,18,22)/t9-/m1/s1. The number of rotatable bonds is 5. The number of carbonyl (C=O) groups excluding carboxylic acids is 2. The van der Waals surface area contributed by atoms with E-state index >= 15 is 0 Å². The molecule has 1 aromatic heterocycles. The topological polar surface area (TPSA) is 101 Å². The van der Waals surface area contributed by atoms with Crippen LogP contribution in [0.4, 0.5) is 5.69 Å². The molecule has 2 aromatic rings. The molecule has 2 heterocycles. The van der Waals surface area contributed by atoms with Crippen LogP contribution >= 0.6 is 12.2 Å². The molecule has 10 heteroatoms. The highest BCUT2D eigenvalue weighted by Crippen LogP contribution is 2.34. The van der Waals surface area contributed by atoms with Crippen LogP contribution in [0.1, 0.15) is 6.42 Å². The van der Waals surface area contributed by atoms with Crippen molar-refractivity contribution in [3.05, 3.63) is 29.3 Å². The lowest BCUT2D eigenvalue weighted by atomic mass is 10.1. The maximum absolute atomic E-state index is 12.4. The van der Waals surface area contributed by atoms with Gasteiger partial charge in [0, 0.05) is 24.7 Å². The molecule has 0 aliphatic carbocycles. The average Bonchev–Trinajstić information content (AvgIpc) is 3.20. The Labute approximate surface area is 148 Å². The van der Waals surface area contributed by atoms with E-state index in [-0.39, 0.29) is 29.6 Å². The number of amides is 2. The fourth-order valence-electron chi connectivity index (χ4n) is 2.66. The van der Waals surface area contributed by atoms with E-state index in [1.807, 2.05) is 0 Å². The van der Waals surface area contributed by atoms with E-state index in [9.17, 15) is 9.59 Å². The first kappa shape index (κ1) is 17.0. The van der Waals surface area contributed by atoms with Crippen LogP contribution in [0.2, 0.25) is 0 Å². The monoisotopic (exact) mass is 363 g/mol. The molecule has 0 saturated carbocycles. The van der Waals surface area contributed by atoms with Crippen molar-refractivity contribution in [3.8, 4) is 11.5 Å². The zero-order chi connectivity index (χ0) is 18.0. The second kappa shape index (κ2) is 6.93. The molecule has 2 amide bonds. The number of hydrogen-bond acceptors (Lipinski definition) is 6. The number of carbonyl (C=O) groups is 2. The van der Waals surface area contributed by atoms with Gasteiger partial charge in [-0.2, -0.15) is 5.10 Å². The Morgan fingerprint density at radius 2 is 2.12 bits per heavy atom. The maximum atomic E-state index is 12.4. The Balaban J connectivity index is 1.75. The van der Waals surface area contributed by atoms with E-state index in [0.717, 1.165) is 0 Å². The lowest BCUT2D eigenvalue weighted by molar-refractivity contribution is -0.123. The fourth-order valence-corrected chi connectivity index (χ4v) is 2.81. The van der Waals surface area contributed by atoms with E-state index in [2.05, 4.69) is 15.6 Å². The second-order valence-electron chi connectivity index (χ2n) is 5.45. The van der Waals surface area contributed by atoms with Gasteiger partial charge >= 0.3 is 0 Å². The number of aromatic nitrogens is 3. The molecule has 1 aromatic carbocycles. The van der Waals surface area contributed by atoms with Crippen LogP contribution < -0.4 is 19.8 Å². The number of H-pyrrole nitrogens is 1. The molecule has 132 valence electrons. The van der Waals surface area contributed by atoms with E-state index < -0.39 is 5.92 Å². The first-order chi connectivity index (χ1) is 12.0. The molecule has 2 N–H and O–H groups in total. The smallest absolute Gasteiger partial charge is 0.244 e. The summed E-state index contributed by atoms with van der Waals surface area (Å²) in [5.41, 5.74) is 3.27. The minimum absolute atomic E-state index is 0.116. The molecule has 0 radical (unpaired) electrons. The summed E-state index contributed by atoms with van der Waals surface area (Å²) in [5.74, 6) is 0.168. The highest BCUT2D eigenvalue weighted by molar-refractivity contribution is 7.71. The van der Waals surface area contributed by atoms with Gasteiger partial charge in [-0.3, -0.25) is 20.1 Å². The molecule has 1 saturated heterocycles. The van der Waals surface area contributed by atoms with Crippen molar-refractivity contribution in [1.29, 1.82) is 0 Å². The molecule has 0 spiro atoms. The van der Waals surface area contributed by atoms with Gasteiger partial charge in [0.2, 0.25) is 16.6 Å². The third-order valence-electron chi connectivity index (χ3n) is 3.96. The molecular weight excluding hydrogens is 346 g/mol. The average molecular weight is 363 g/mol. The highest BCUT2D eigenvalue weighted by Gasteiger charge is 2.35. The largest absolute Gasteiger partial charge is 0.493 e. The Kier molecular flexibility index (Phi) is 4.70. The maximum Gasteiger partial charge on any atom is 0.244 e. The van der Waals surface area contributed by atoms with Crippen molar-refractivity contribution < 1.29 is 19.1 Å². The Bertz CT molecular complexity index is 862. The lowest BCUT2D eigenvalue weighted by Gasteiger charge is -2.18. The van der Waals surface area contributed by atoms with E-state index in [1.165, 1.54) is 18.1 Å². The summed E-state index contributed by atoms with van der Waals surface area (Å²) in [7, 11) is 3.07. The summed E-state index contributed by atoms with van der Waals surface area (Å²) in [6, 6.07) is 5.19. The normalized spacial score (nSPS) is 16.8. The minimum Gasteiger partial charge on any atom is -0.493 e. The number of anilines is 1. The molecule has 1 atom stereocenters. The van der Waals surface area contributed by atoms with Crippen LogP contribution in [0.25, 0.3) is 0 Å². The molecule has 1 aliphatic heterocycles. The predicted octanol–water partition coefficient (Wildman–Crippen LogP) is 1.08. The second-order valence-corrected chi connectivity index (χ2v) is 5.84. The van der Waals surface area contributed by atoms with Gasteiger partial charge < -0.3 is 14.4 Å². The van der Waals surface area contributed by atoms with E-state index in [1.54, 1.807) is 30.2 Å². The van der Waals surface area contributed by atoms with Gasteiger partial charge in [-0.1, -0.05) is 0 Å². The van der Waals surface area contributed by atoms with Crippen molar-refractivity contribution >= 4 is 29.7 Å².